The van der Waals surface area contributed by atoms with Crippen LogP contribution in [0.5, 0.6) is 0 Å². The van der Waals surface area contributed by atoms with E-state index in [4.69, 9.17) is 9.97 Å². The zero-order valence-electron chi connectivity index (χ0n) is 30.9. The molecule has 0 N–H and O–H groups in total. The molecule has 13 aromatic rings. The van der Waals surface area contributed by atoms with Crippen LogP contribution in [-0.2, 0) is 0 Å². The van der Waals surface area contributed by atoms with Crippen molar-refractivity contribution >= 4 is 107 Å². The lowest BCUT2D eigenvalue weighted by Crippen LogP contribution is -1.96. The highest BCUT2D eigenvalue weighted by molar-refractivity contribution is 7.26. The van der Waals surface area contributed by atoms with E-state index in [9.17, 15) is 0 Å². The Morgan fingerprint density at radius 3 is 1.40 bits per heavy atom. The minimum atomic E-state index is 0.918. The number of aromatic nitrogens is 4. The van der Waals surface area contributed by atoms with E-state index < -0.39 is 0 Å². The molecule has 0 radical (unpaired) electrons. The van der Waals surface area contributed by atoms with Crippen LogP contribution in [0.4, 0.5) is 0 Å². The van der Waals surface area contributed by atoms with E-state index in [0.717, 1.165) is 33.4 Å². The molecule has 0 aliphatic heterocycles. The molecule has 58 heavy (non-hydrogen) atoms. The number of nitrogens with zero attached hydrogens (tertiary/aromatic N) is 4. The maximum atomic E-state index is 4.73. The van der Waals surface area contributed by atoms with Crippen molar-refractivity contribution in [1.82, 2.24) is 19.1 Å². The molecule has 0 atom stereocenters. The Labute approximate surface area is 340 Å². The molecule has 0 saturated heterocycles. The maximum Gasteiger partial charge on any atom is 0.115 e. The van der Waals surface area contributed by atoms with Crippen LogP contribution in [-0.4, -0.2) is 19.1 Å². The average molecular weight is 775 g/mol. The van der Waals surface area contributed by atoms with E-state index in [-0.39, 0.29) is 0 Å². The van der Waals surface area contributed by atoms with Crippen molar-refractivity contribution < 1.29 is 0 Å². The Hall–Kier alpha value is -7.12. The van der Waals surface area contributed by atoms with E-state index in [1.54, 1.807) is 0 Å². The molecule has 0 aliphatic carbocycles. The lowest BCUT2D eigenvalue weighted by Gasteiger charge is -2.14. The summed E-state index contributed by atoms with van der Waals surface area (Å²) in [4.78, 5) is 9.47. The molecule has 0 bridgehead atoms. The van der Waals surface area contributed by atoms with Crippen molar-refractivity contribution in [3.05, 3.63) is 182 Å². The smallest absolute Gasteiger partial charge is 0.115 e. The number of hydrogen-bond acceptors (Lipinski definition) is 4. The zero-order chi connectivity index (χ0) is 37.9. The summed E-state index contributed by atoms with van der Waals surface area (Å²) < 4.78 is 9.91. The molecule has 7 aromatic carbocycles. The third-order valence-electron chi connectivity index (χ3n) is 11.8. The molecule has 0 amide bonds. The van der Waals surface area contributed by atoms with E-state index >= 15 is 0 Å². The largest absolute Gasteiger partial charge is 0.309 e. The summed E-state index contributed by atoms with van der Waals surface area (Å²) in [5.74, 6) is 0. The summed E-state index contributed by atoms with van der Waals surface area (Å²) in [5, 5.41) is 7.63. The van der Waals surface area contributed by atoms with Gasteiger partial charge in [0.15, 0.2) is 0 Å². The molecule has 4 nitrogen and oxygen atoms in total. The number of thiophene rings is 2. The Balaban J connectivity index is 1.04. The highest BCUT2D eigenvalue weighted by Crippen LogP contribution is 2.42. The Bertz CT molecular complexity index is 3720. The van der Waals surface area contributed by atoms with Gasteiger partial charge in [-0.2, -0.15) is 0 Å². The van der Waals surface area contributed by atoms with Crippen LogP contribution in [0.25, 0.3) is 118 Å². The van der Waals surface area contributed by atoms with Crippen LogP contribution >= 0.6 is 22.7 Å². The van der Waals surface area contributed by atoms with E-state index in [2.05, 4.69) is 167 Å². The topological polar surface area (TPSA) is 35.6 Å². The fourth-order valence-corrected chi connectivity index (χ4v) is 11.3. The lowest BCUT2D eigenvalue weighted by molar-refractivity contribution is 1.18. The fraction of sp³-hybridized carbons (Fsp3) is 0. The molecule has 0 saturated carbocycles. The first-order chi connectivity index (χ1) is 28.7. The van der Waals surface area contributed by atoms with Crippen molar-refractivity contribution in [3.63, 3.8) is 0 Å². The first kappa shape index (κ1) is 32.0. The molecule has 0 aliphatic rings. The third-order valence-corrected chi connectivity index (χ3v) is 14.1. The summed E-state index contributed by atoms with van der Waals surface area (Å²) in [5.41, 5.74) is 13.4. The summed E-state index contributed by atoms with van der Waals surface area (Å²) in [6.07, 6.45) is 3.70. The third kappa shape index (κ3) is 4.67. The summed E-state index contributed by atoms with van der Waals surface area (Å²) in [6, 6.07) is 62.5. The Morgan fingerprint density at radius 2 is 0.776 bits per heavy atom. The predicted octanol–water partition coefficient (Wildman–Crippen LogP) is 14.7. The van der Waals surface area contributed by atoms with Gasteiger partial charge in [0.2, 0.25) is 0 Å². The van der Waals surface area contributed by atoms with Crippen molar-refractivity contribution in [2.24, 2.45) is 0 Å². The maximum absolute atomic E-state index is 4.73. The van der Waals surface area contributed by atoms with Gasteiger partial charge in [-0.3, -0.25) is 9.97 Å². The molecule has 0 fully saturated rings. The lowest BCUT2D eigenvalue weighted by atomic mass is 9.96. The first-order valence-corrected chi connectivity index (χ1v) is 21.1. The molecule has 13 rings (SSSR count). The van der Waals surface area contributed by atoms with Crippen LogP contribution in [0.2, 0.25) is 0 Å². The van der Waals surface area contributed by atoms with Gasteiger partial charge in [-0.25, -0.2) is 0 Å². The van der Waals surface area contributed by atoms with Crippen LogP contribution in [0.15, 0.2) is 182 Å². The number of rotatable bonds is 4. The number of benzene rings is 7. The van der Waals surface area contributed by atoms with Crippen molar-refractivity contribution in [2.45, 2.75) is 0 Å². The second kappa shape index (κ2) is 12.2. The number of pyridine rings is 2. The number of fused-ring (bicyclic) bond motifs is 12. The van der Waals surface area contributed by atoms with Crippen molar-refractivity contribution in [1.29, 1.82) is 0 Å². The first-order valence-electron chi connectivity index (χ1n) is 19.5. The Kier molecular flexibility index (Phi) is 6.73. The van der Waals surface area contributed by atoms with Crippen molar-refractivity contribution in [2.75, 3.05) is 0 Å². The summed E-state index contributed by atoms with van der Waals surface area (Å²) >= 11 is 3.71. The quantitative estimate of drug-likeness (QED) is 0.178. The van der Waals surface area contributed by atoms with Gasteiger partial charge >= 0.3 is 0 Å². The van der Waals surface area contributed by atoms with E-state index in [1.807, 2.05) is 47.2 Å². The SMILES string of the molecule is c1ccc2c(c1)sc1ccc(-c3cc(-c4ccc5sc6ccc(-n7c8cccnc8c8ncccc87)cc6c5c4)cc(-n4c5ccccc5c5ccccc54)c3)cc12. The predicted molar refractivity (Wildman–Crippen MR) is 247 cm³/mol. The molecular formula is C52H30N4S2. The molecule has 270 valence electrons. The minimum absolute atomic E-state index is 0.918. The minimum Gasteiger partial charge on any atom is -0.309 e. The van der Waals surface area contributed by atoms with E-state index in [1.165, 1.54) is 84.4 Å². The molecule has 6 heteroatoms. The Morgan fingerprint density at radius 1 is 0.310 bits per heavy atom. The van der Waals surface area contributed by atoms with Gasteiger partial charge in [-0.15, -0.1) is 22.7 Å². The van der Waals surface area contributed by atoms with Gasteiger partial charge in [-0.05, 0) is 125 Å². The normalized spacial score (nSPS) is 12.1. The van der Waals surface area contributed by atoms with Crippen LogP contribution in [0.1, 0.15) is 0 Å². The standard InChI is InChI=1S/C52H30N4S2/c1-4-12-43-37(9-1)38-10-2-5-13-44(38)56(43)36-26-33(31-17-20-48-40(28-31)39-11-3-6-16-47(39)57-48)25-34(27-36)32-18-21-49-41(29-32)42-30-35(19-22-50(42)58-49)55-45-14-7-23-53-51(45)52-46(55)15-8-24-54-52/h1-30H. The second-order valence-electron chi connectivity index (χ2n) is 15.0. The van der Waals surface area contributed by atoms with Gasteiger partial charge < -0.3 is 9.13 Å². The van der Waals surface area contributed by atoms with Crippen LogP contribution < -0.4 is 0 Å². The van der Waals surface area contributed by atoms with Crippen LogP contribution in [0.3, 0.4) is 0 Å². The van der Waals surface area contributed by atoms with Gasteiger partial charge in [0, 0.05) is 74.9 Å². The number of para-hydroxylation sites is 2. The molecule has 0 spiro atoms. The molecule has 0 unspecified atom stereocenters. The second-order valence-corrected chi connectivity index (χ2v) is 17.2. The monoisotopic (exact) mass is 774 g/mol. The molecular weight excluding hydrogens is 745 g/mol. The highest BCUT2D eigenvalue weighted by Gasteiger charge is 2.18. The fourth-order valence-electron chi connectivity index (χ4n) is 9.19. The van der Waals surface area contributed by atoms with E-state index in [0.29, 0.717) is 0 Å². The molecule has 6 aromatic heterocycles. The number of hydrogen-bond donors (Lipinski definition) is 0. The zero-order valence-corrected chi connectivity index (χ0v) is 32.6. The highest BCUT2D eigenvalue weighted by atomic mass is 32.1. The molecule has 6 heterocycles. The van der Waals surface area contributed by atoms with Crippen molar-refractivity contribution in [3.8, 4) is 33.6 Å². The van der Waals surface area contributed by atoms with Gasteiger partial charge in [0.05, 0.1) is 22.1 Å². The van der Waals surface area contributed by atoms with Gasteiger partial charge in [-0.1, -0.05) is 66.7 Å². The summed E-state index contributed by atoms with van der Waals surface area (Å²) in [6.45, 7) is 0. The average Bonchev–Trinajstić information content (AvgIpc) is 4.03. The van der Waals surface area contributed by atoms with Gasteiger partial charge in [0.1, 0.15) is 11.0 Å². The van der Waals surface area contributed by atoms with Crippen LogP contribution in [0, 0.1) is 0 Å². The van der Waals surface area contributed by atoms with Gasteiger partial charge in [0.25, 0.3) is 0 Å². The summed E-state index contributed by atoms with van der Waals surface area (Å²) in [7, 11) is 0.